The lowest BCUT2D eigenvalue weighted by Crippen LogP contribution is -1.98. The van der Waals surface area contributed by atoms with Crippen molar-refractivity contribution in [3.8, 4) is 11.5 Å². The predicted molar refractivity (Wildman–Crippen MR) is 68.5 cm³/mol. The first-order valence-corrected chi connectivity index (χ1v) is 6.16. The van der Waals surface area contributed by atoms with Gasteiger partial charge in [0.25, 0.3) is 0 Å². The van der Waals surface area contributed by atoms with Gasteiger partial charge in [-0.1, -0.05) is 23.5 Å². The van der Waals surface area contributed by atoms with Gasteiger partial charge in [0.1, 0.15) is 6.61 Å². The van der Waals surface area contributed by atoms with Crippen molar-refractivity contribution in [3.63, 3.8) is 0 Å². The minimum atomic E-state index is 0.457. The van der Waals surface area contributed by atoms with Gasteiger partial charge in [0.2, 0.25) is 0 Å². The van der Waals surface area contributed by atoms with Crippen molar-refractivity contribution in [2.75, 3.05) is 12.3 Å². The summed E-state index contributed by atoms with van der Waals surface area (Å²) in [5, 5.41) is 0.557. The lowest BCUT2D eigenvalue weighted by Gasteiger charge is -2.10. The van der Waals surface area contributed by atoms with Crippen LogP contribution in [0.5, 0.6) is 11.5 Å². The van der Waals surface area contributed by atoms with E-state index in [4.69, 9.17) is 15.2 Å². The fourth-order valence-corrected chi connectivity index (χ4v) is 1.98. The van der Waals surface area contributed by atoms with Gasteiger partial charge in [-0.15, -0.1) is 0 Å². The van der Waals surface area contributed by atoms with Crippen molar-refractivity contribution in [2.24, 2.45) is 0 Å². The number of benzene rings is 1. The molecule has 2 aromatic rings. The Bertz CT molecular complexity index is 485. The molecule has 0 aliphatic carbocycles. The summed E-state index contributed by atoms with van der Waals surface area (Å²) in [5.74, 6) is 1.49. The summed E-state index contributed by atoms with van der Waals surface area (Å²) in [6.45, 7) is 3.02. The summed E-state index contributed by atoms with van der Waals surface area (Å²) in [4.78, 5) is 4.97. The number of hydrogen-bond acceptors (Lipinski definition) is 5. The molecule has 0 atom stereocenters. The van der Waals surface area contributed by atoms with E-state index in [2.05, 4.69) is 4.98 Å². The number of nitrogens with zero attached hydrogens (tertiary/aromatic N) is 1. The van der Waals surface area contributed by atoms with Gasteiger partial charge in [0, 0.05) is 6.20 Å². The van der Waals surface area contributed by atoms with Crippen molar-refractivity contribution < 1.29 is 9.47 Å². The number of anilines is 1. The van der Waals surface area contributed by atoms with Gasteiger partial charge in [-0.3, -0.25) is 0 Å². The number of nitrogen functional groups attached to an aromatic ring is 1. The molecule has 0 unspecified atom stereocenters. The second-order valence-electron chi connectivity index (χ2n) is 3.33. The van der Waals surface area contributed by atoms with Crippen LogP contribution < -0.4 is 15.2 Å². The SMILES string of the molecule is CCOc1ccccc1OCc1cnc(N)s1. The Balaban J connectivity index is 2.03. The third-order valence-electron chi connectivity index (χ3n) is 2.09. The van der Waals surface area contributed by atoms with Crippen LogP contribution in [0.25, 0.3) is 0 Å². The Kier molecular flexibility index (Phi) is 3.82. The van der Waals surface area contributed by atoms with Gasteiger partial charge in [0.15, 0.2) is 16.6 Å². The Morgan fingerprint density at radius 2 is 1.94 bits per heavy atom. The normalized spacial score (nSPS) is 10.2. The molecule has 0 radical (unpaired) electrons. The van der Waals surface area contributed by atoms with Gasteiger partial charge >= 0.3 is 0 Å². The molecule has 90 valence electrons. The fraction of sp³-hybridized carbons (Fsp3) is 0.250. The second-order valence-corrected chi connectivity index (χ2v) is 4.48. The summed E-state index contributed by atoms with van der Waals surface area (Å²) in [6, 6.07) is 7.61. The highest BCUT2D eigenvalue weighted by Crippen LogP contribution is 2.27. The van der Waals surface area contributed by atoms with Gasteiger partial charge in [0.05, 0.1) is 11.5 Å². The van der Waals surface area contributed by atoms with Gasteiger partial charge < -0.3 is 15.2 Å². The summed E-state index contributed by atoms with van der Waals surface area (Å²) in [5.41, 5.74) is 5.55. The maximum atomic E-state index is 5.68. The van der Waals surface area contributed by atoms with Gasteiger partial charge in [-0.05, 0) is 19.1 Å². The number of ether oxygens (including phenoxy) is 2. The number of hydrogen-bond donors (Lipinski definition) is 1. The minimum Gasteiger partial charge on any atom is -0.490 e. The molecule has 5 heteroatoms. The molecule has 2 N–H and O–H groups in total. The third kappa shape index (κ3) is 3.10. The topological polar surface area (TPSA) is 57.4 Å². The van der Waals surface area contributed by atoms with E-state index in [0.29, 0.717) is 18.3 Å². The van der Waals surface area contributed by atoms with Crippen LogP contribution in [0.4, 0.5) is 5.13 Å². The molecule has 0 fully saturated rings. The van der Waals surface area contributed by atoms with Crippen LogP contribution in [0, 0.1) is 0 Å². The Morgan fingerprint density at radius 3 is 2.53 bits per heavy atom. The van der Waals surface area contributed by atoms with Crippen LogP contribution in [-0.4, -0.2) is 11.6 Å². The predicted octanol–water partition coefficient (Wildman–Crippen LogP) is 2.70. The molecule has 0 bridgehead atoms. The van der Waals surface area contributed by atoms with E-state index in [9.17, 15) is 0 Å². The highest BCUT2D eigenvalue weighted by atomic mass is 32.1. The minimum absolute atomic E-state index is 0.457. The lowest BCUT2D eigenvalue weighted by atomic mass is 10.3. The summed E-state index contributed by atoms with van der Waals surface area (Å²) >= 11 is 1.43. The molecule has 0 amide bonds. The number of nitrogens with two attached hydrogens (primary N) is 1. The largest absolute Gasteiger partial charge is 0.490 e. The quantitative estimate of drug-likeness (QED) is 0.886. The average Bonchev–Trinajstić information content (AvgIpc) is 2.74. The fourth-order valence-electron chi connectivity index (χ4n) is 1.38. The zero-order valence-electron chi connectivity index (χ0n) is 9.55. The number of para-hydroxylation sites is 2. The molecule has 0 aliphatic rings. The molecule has 1 aromatic carbocycles. The molecule has 0 saturated heterocycles. The molecule has 1 heterocycles. The van der Waals surface area contributed by atoms with Gasteiger partial charge in [-0.2, -0.15) is 0 Å². The lowest BCUT2D eigenvalue weighted by molar-refractivity contribution is 0.271. The maximum absolute atomic E-state index is 5.68. The van der Waals surface area contributed by atoms with E-state index in [1.807, 2.05) is 31.2 Å². The first-order chi connectivity index (χ1) is 8.29. The molecule has 0 saturated carbocycles. The molecule has 2 rings (SSSR count). The van der Waals surface area contributed by atoms with Gasteiger partial charge in [-0.25, -0.2) is 4.98 Å². The van der Waals surface area contributed by atoms with E-state index in [0.717, 1.165) is 16.4 Å². The second kappa shape index (κ2) is 5.54. The zero-order valence-corrected chi connectivity index (χ0v) is 10.4. The first kappa shape index (κ1) is 11.7. The summed E-state index contributed by atoms with van der Waals surface area (Å²) in [7, 11) is 0. The molecule has 4 nitrogen and oxygen atoms in total. The number of aromatic nitrogens is 1. The van der Waals surface area contributed by atoms with Crippen molar-refractivity contribution in [1.29, 1.82) is 0 Å². The smallest absolute Gasteiger partial charge is 0.180 e. The van der Waals surface area contributed by atoms with Crippen molar-refractivity contribution in [1.82, 2.24) is 4.98 Å². The van der Waals surface area contributed by atoms with E-state index in [1.165, 1.54) is 11.3 Å². The molecular weight excluding hydrogens is 236 g/mol. The van der Waals surface area contributed by atoms with E-state index >= 15 is 0 Å². The Labute approximate surface area is 104 Å². The van der Waals surface area contributed by atoms with Crippen molar-refractivity contribution in [2.45, 2.75) is 13.5 Å². The highest BCUT2D eigenvalue weighted by molar-refractivity contribution is 7.15. The number of rotatable bonds is 5. The first-order valence-electron chi connectivity index (χ1n) is 5.34. The Hall–Kier alpha value is -1.75. The average molecular weight is 250 g/mol. The van der Waals surface area contributed by atoms with E-state index in [-0.39, 0.29) is 0 Å². The number of thiazole rings is 1. The zero-order chi connectivity index (χ0) is 12.1. The summed E-state index contributed by atoms with van der Waals surface area (Å²) < 4.78 is 11.1. The monoisotopic (exact) mass is 250 g/mol. The van der Waals surface area contributed by atoms with Crippen LogP contribution >= 0.6 is 11.3 Å². The van der Waals surface area contributed by atoms with Crippen LogP contribution in [0.3, 0.4) is 0 Å². The highest BCUT2D eigenvalue weighted by Gasteiger charge is 2.05. The summed E-state index contributed by atoms with van der Waals surface area (Å²) in [6.07, 6.45) is 1.73. The van der Waals surface area contributed by atoms with Crippen LogP contribution in [-0.2, 0) is 6.61 Å². The van der Waals surface area contributed by atoms with Crippen LogP contribution in [0.15, 0.2) is 30.5 Å². The maximum Gasteiger partial charge on any atom is 0.180 e. The van der Waals surface area contributed by atoms with Crippen LogP contribution in [0.1, 0.15) is 11.8 Å². The molecule has 1 aromatic heterocycles. The van der Waals surface area contributed by atoms with E-state index in [1.54, 1.807) is 6.20 Å². The van der Waals surface area contributed by atoms with Crippen molar-refractivity contribution in [3.05, 3.63) is 35.3 Å². The Morgan fingerprint density at radius 1 is 1.24 bits per heavy atom. The molecule has 0 spiro atoms. The molecule has 0 aliphatic heterocycles. The molecular formula is C12H14N2O2S. The molecule has 17 heavy (non-hydrogen) atoms. The van der Waals surface area contributed by atoms with E-state index < -0.39 is 0 Å². The standard InChI is InChI=1S/C12H14N2O2S/c1-2-15-10-5-3-4-6-11(10)16-8-9-7-14-12(13)17-9/h3-7H,2,8H2,1H3,(H2,13,14). The van der Waals surface area contributed by atoms with Crippen LogP contribution in [0.2, 0.25) is 0 Å². The van der Waals surface area contributed by atoms with Crippen molar-refractivity contribution >= 4 is 16.5 Å². The third-order valence-corrected chi connectivity index (χ3v) is 2.89.